The molecule has 4 fully saturated rings. The zero-order valence-electron chi connectivity index (χ0n) is 19.5. The highest BCUT2D eigenvalue weighted by Gasteiger charge is 2.52. The van der Waals surface area contributed by atoms with Crippen LogP contribution >= 0.6 is 0 Å². The zero-order chi connectivity index (χ0) is 20.3. The number of hydrogen-bond donors (Lipinski definition) is 0. The summed E-state index contributed by atoms with van der Waals surface area (Å²) in [6, 6.07) is 2.85. The molecule has 4 aliphatic rings. The van der Waals surface area contributed by atoms with Crippen molar-refractivity contribution in [2.24, 2.45) is 46.8 Å². The van der Waals surface area contributed by atoms with E-state index in [1.165, 1.54) is 96.3 Å². The molecule has 0 aromatic heterocycles. The zero-order valence-corrected chi connectivity index (χ0v) is 19.5. The van der Waals surface area contributed by atoms with Gasteiger partial charge in [0.15, 0.2) is 0 Å². The average molecular weight is 398 g/mol. The normalized spacial score (nSPS) is 44.2. The van der Waals surface area contributed by atoms with E-state index in [1.54, 1.807) is 12.8 Å². The molecule has 6 unspecified atom stereocenters. The Morgan fingerprint density at radius 2 is 1.48 bits per heavy atom. The minimum absolute atomic E-state index is 0.0382. The molecule has 0 aromatic rings. The van der Waals surface area contributed by atoms with Crippen molar-refractivity contribution >= 4 is 0 Å². The van der Waals surface area contributed by atoms with Gasteiger partial charge in [-0.15, -0.1) is 0 Å². The summed E-state index contributed by atoms with van der Waals surface area (Å²) >= 11 is 0. The molecule has 29 heavy (non-hydrogen) atoms. The third-order valence-electron chi connectivity index (χ3n) is 10.3. The predicted molar refractivity (Wildman–Crippen MR) is 122 cm³/mol. The maximum atomic E-state index is 10.1. The summed E-state index contributed by atoms with van der Waals surface area (Å²) in [5, 5.41) is 10.1. The van der Waals surface area contributed by atoms with Crippen molar-refractivity contribution in [3.8, 4) is 6.07 Å². The minimum atomic E-state index is 0.0382. The first-order chi connectivity index (χ1) is 14.2. The molecule has 164 valence electrons. The number of nitriles is 1. The van der Waals surface area contributed by atoms with Gasteiger partial charge in [0.25, 0.3) is 0 Å². The molecule has 4 aliphatic carbocycles. The average Bonchev–Trinajstić information content (AvgIpc) is 2.77. The fourth-order valence-corrected chi connectivity index (χ4v) is 8.89. The lowest BCUT2D eigenvalue weighted by atomic mass is 9.48. The Morgan fingerprint density at radius 1 is 0.759 bits per heavy atom. The third-order valence-corrected chi connectivity index (χ3v) is 10.3. The lowest BCUT2D eigenvalue weighted by molar-refractivity contribution is -0.0718. The van der Waals surface area contributed by atoms with Crippen molar-refractivity contribution < 1.29 is 0 Å². The van der Waals surface area contributed by atoms with E-state index >= 15 is 0 Å². The summed E-state index contributed by atoms with van der Waals surface area (Å²) in [5.41, 5.74) is 0.0382. The van der Waals surface area contributed by atoms with Crippen molar-refractivity contribution in [2.45, 2.75) is 123 Å². The monoisotopic (exact) mass is 397 g/mol. The highest BCUT2D eigenvalue weighted by atomic mass is 14.6. The molecular weight excluding hydrogens is 350 g/mol. The van der Waals surface area contributed by atoms with Gasteiger partial charge in [-0.05, 0) is 99.2 Å². The Labute approximate surface area is 181 Å². The van der Waals surface area contributed by atoms with E-state index in [0.717, 1.165) is 41.4 Å². The van der Waals surface area contributed by atoms with Gasteiger partial charge in [0.2, 0.25) is 0 Å². The van der Waals surface area contributed by atoms with Crippen molar-refractivity contribution in [1.82, 2.24) is 0 Å². The second-order valence-corrected chi connectivity index (χ2v) is 11.7. The number of rotatable bonds is 7. The highest BCUT2D eigenvalue weighted by Crippen LogP contribution is 2.60. The van der Waals surface area contributed by atoms with E-state index < -0.39 is 0 Å². The molecule has 1 nitrogen and oxygen atoms in total. The second-order valence-electron chi connectivity index (χ2n) is 11.7. The largest absolute Gasteiger partial charge is 0.198 e. The molecule has 0 heterocycles. The Kier molecular flexibility index (Phi) is 7.30. The van der Waals surface area contributed by atoms with Crippen LogP contribution in [0.3, 0.4) is 0 Å². The van der Waals surface area contributed by atoms with Crippen LogP contribution in [0, 0.1) is 58.2 Å². The van der Waals surface area contributed by atoms with Crippen LogP contribution in [0.25, 0.3) is 0 Å². The molecular formula is C28H47N. The lowest BCUT2D eigenvalue weighted by Gasteiger charge is -2.57. The van der Waals surface area contributed by atoms with Crippen molar-refractivity contribution in [2.75, 3.05) is 0 Å². The van der Waals surface area contributed by atoms with Crippen LogP contribution in [0.15, 0.2) is 0 Å². The topological polar surface area (TPSA) is 23.8 Å². The predicted octanol–water partition coefficient (Wildman–Crippen LogP) is 8.54. The van der Waals surface area contributed by atoms with Gasteiger partial charge in [0.05, 0.1) is 11.5 Å². The van der Waals surface area contributed by atoms with E-state index in [0.29, 0.717) is 0 Å². The summed E-state index contributed by atoms with van der Waals surface area (Å²) in [4.78, 5) is 0. The summed E-state index contributed by atoms with van der Waals surface area (Å²) in [6.07, 6.45) is 23.9. The highest BCUT2D eigenvalue weighted by molar-refractivity contribution is 5.07. The summed E-state index contributed by atoms with van der Waals surface area (Å²) in [7, 11) is 0. The smallest absolute Gasteiger partial charge is 0.0689 e. The first-order valence-corrected chi connectivity index (χ1v) is 13.6. The lowest BCUT2D eigenvalue weighted by Crippen LogP contribution is -2.49. The maximum absolute atomic E-state index is 10.1. The van der Waals surface area contributed by atoms with Gasteiger partial charge in [-0.2, -0.15) is 5.26 Å². The molecule has 4 saturated carbocycles. The SMILES string of the molecule is CCCCC[C@]1(C#N)CCC2C(CCC3C2CCC2C3CCC[C@@H]2CCCC)C1. The van der Waals surface area contributed by atoms with Crippen LogP contribution in [0.2, 0.25) is 0 Å². The van der Waals surface area contributed by atoms with Gasteiger partial charge < -0.3 is 0 Å². The van der Waals surface area contributed by atoms with Crippen molar-refractivity contribution in [3.05, 3.63) is 0 Å². The number of nitrogens with zero attached hydrogens (tertiary/aromatic N) is 1. The Bertz CT molecular complexity index is 561. The molecule has 4 rings (SSSR count). The Balaban J connectivity index is 1.40. The first kappa shape index (κ1) is 21.7. The van der Waals surface area contributed by atoms with Crippen molar-refractivity contribution in [1.29, 1.82) is 5.26 Å². The fourth-order valence-electron chi connectivity index (χ4n) is 8.89. The molecule has 0 N–H and O–H groups in total. The maximum Gasteiger partial charge on any atom is 0.0689 e. The van der Waals surface area contributed by atoms with Crippen LogP contribution < -0.4 is 0 Å². The minimum Gasteiger partial charge on any atom is -0.198 e. The Hall–Kier alpha value is -0.510. The first-order valence-electron chi connectivity index (χ1n) is 13.6. The van der Waals surface area contributed by atoms with Gasteiger partial charge >= 0.3 is 0 Å². The van der Waals surface area contributed by atoms with Gasteiger partial charge in [-0.1, -0.05) is 65.2 Å². The van der Waals surface area contributed by atoms with Crippen LogP contribution in [0.1, 0.15) is 123 Å². The van der Waals surface area contributed by atoms with E-state index in [1.807, 2.05) is 0 Å². The van der Waals surface area contributed by atoms with E-state index in [-0.39, 0.29) is 5.41 Å². The van der Waals surface area contributed by atoms with Gasteiger partial charge in [0.1, 0.15) is 0 Å². The second kappa shape index (κ2) is 9.75. The van der Waals surface area contributed by atoms with Crippen LogP contribution in [-0.4, -0.2) is 0 Å². The fraction of sp³-hybridized carbons (Fsp3) is 0.964. The van der Waals surface area contributed by atoms with Gasteiger partial charge in [-0.25, -0.2) is 0 Å². The van der Waals surface area contributed by atoms with E-state index in [4.69, 9.17) is 0 Å². The number of unbranched alkanes of at least 4 members (excludes halogenated alkanes) is 3. The molecule has 0 aromatic carbocycles. The van der Waals surface area contributed by atoms with Gasteiger partial charge in [-0.3, -0.25) is 0 Å². The molecule has 0 amide bonds. The number of fused-ring (bicyclic) bond motifs is 5. The summed E-state index contributed by atoms with van der Waals surface area (Å²) < 4.78 is 0. The summed E-state index contributed by atoms with van der Waals surface area (Å²) in [5.74, 6) is 7.12. The molecule has 0 radical (unpaired) electrons. The van der Waals surface area contributed by atoms with Crippen LogP contribution in [-0.2, 0) is 0 Å². The van der Waals surface area contributed by atoms with Gasteiger partial charge in [0, 0.05) is 0 Å². The molecule has 0 saturated heterocycles. The van der Waals surface area contributed by atoms with E-state index in [9.17, 15) is 5.26 Å². The van der Waals surface area contributed by atoms with Crippen LogP contribution in [0.5, 0.6) is 0 Å². The molecule has 0 spiro atoms. The number of hydrogen-bond acceptors (Lipinski definition) is 1. The van der Waals surface area contributed by atoms with E-state index in [2.05, 4.69) is 19.9 Å². The molecule has 1 heteroatoms. The van der Waals surface area contributed by atoms with Crippen LogP contribution in [0.4, 0.5) is 0 Å². The quantitative estimate of drug-likeness (QED) is 0.395. The van der Waals surface area contributed by atoms with Crippen molar-refractivity contribution in [3.63, 3.8) is 0 Å². The third kappa shape index (κ3) is 4.43. The molecule has 8 atom stereocenters. The summed E-state index contributed by atoms with van der Waals surface area (Å²) in [6.45, 7) is 4.65. The Morgan fingerprint density at radius 3 is 2.28 bits per heavy atom. The molecule has 0 aliphatic heterocycles. The standard InChI is InChI=1S/C28H47N/c1-3-5-7-17-28(20-29)18-16-24-22(19-28)12-13-27-25-11-8-10-21(9-6-4-2)23(25)14-15-26(24)27/h21-27H,3-19H2,1-2H3/t21-,22?,23?,24?,25?,26?,27?,28-/m0/s1. The molecule has 0 bridgehead atoms.